The summed E-state index contributed by atoms with van der Waals surface area (Å²) in [5.41, 5.74) is 16.0. The molecule has 0 aromatic carbocycles. The lowest BCUT2D eigenvalue weighted by Gasteiger charge is -2.25. The van der Waals surface area contributed by atoms with E-state index >= 15 is 0 Å². The number of nitrogens with two attached hydrogens (primary N) is 3. The Morgan fingerprint density at radius 3 is 1.55 bits per heavy atom. The minimum Gasteiger partial charge on any atom is -0.481 e. The van der Waals surface area contributed by atoms with Gasteiger partial charge in [0, 0.05) is 19.4 Å². The van der Waals surface area contributed by atoms with Crippen molar-refractivity contribution < 1.29 is 54.0 Å². The third kappa shape index (κ3) is 14.8. The molecule has 0 aliphatic rings. The molecule has 0 aromatic heterocycles. The van der Waals surface area contributed by atoms with Gasteiger partial charge in [-0.1, -0.05) is 0 Å². The zero-order valence-electron chi connectivity index (χ0n) is 20.3. The Labute approximate surface area is 216 Å². The Morgan fingerprint density at radius 2 is 1.11 bits per heavy atom. The van der Waals surface area contributed by atoms with Crippen LogP contribution in [-0.2, 0) is 33.6 Å². The van der Waals surface area contributed by atoms with Crippen LogP contribution in [0.4, 0.5) is 0 Å². The molecule has 13 N–H and O–H groups in total. The highest BCUT2D eigenvalue weighted by molar-refractivity contribution is 5.95. The van der Waals surface area contributed by atoms with Crippen LogP contribution in [0.25, 0.3) is 0 Å². The van der Waals surface area contributed by atoms with Crippen LogP contribution >= 0.6 is 0 Å². The molecule has 0 fully saturated rings. The van der Waals surface area contributed by atoms with Crippen molar-refractivity contribution >= 4 is 47.6 Å². The molecule has 4 atom stereocenters. The monoisotopic (exact) mass is 547 g/mol. The Kier molecular flexibility index (Phi) is 15.0. The van der Waals surface area contributed by atoms with Crippen molar-refractivity contribution in [3.63, 3.8) is 0 Å². The van der Waals surface area contributed by atoms with Gasteiger partial charge in [0.15, 0.2) is 5.96 Å². The quantitative estimate of drug-likeness (QED) is 0.0420. The first-order valence-corrected chi connectivity index (χ1v) is 11.2. The van der Waals surface area contributed by atoms with E-state index in [9.17, 15) is 38.7 Å². The van der Waals surface area contributed by atoms with Gasteiger partial charge in [-0.15, -0.1) is 0 Å². The molecule has 0 saturated heterocycles. The third-order valence-corrected chi connectivity index (χ3v) is 4.85. The number of guanidine groups is 1. The fourth-order valence-electron chi connectivity index (χ4n) is 2.94. The average Bonchev–Trinajstić information content (AvgIpc) is 2.79. The molecular formula is C20H33N7O11. The number of carboxylic acids is 4. The summed E-state index contributed by atoms with van der Waals surface area (Å²) >= 11 is 0. The van der Waals surface area contributed by atoms with Gasteiger partial charge in [-0.2, -0.15) is 0 Å². The molecule has 0 bridgehead atoms. The predicted molar refractivity (Wildman–Crippen MR) is 127 cm³/mol. The first-order chi connectivity index (χ1) is 17.6. The molecule has 18 nitrogen and oxygen atoms in total. The van der Waals surface area contributed by atoms with Crippen LogP contribution in [0.15, 0.2) is 4.99 Å². The van der Waals surface area contributed by atoms with E-state index in [1.807, 2.05) is 0 Å². The van der Waals surface area contributed by atoms with Crippen LogP contribution in [0.1, 0.15) is 44.9 Å². The minimum absolute atomic E-state index is 0.0377. The van der Waals surface area contributed by atoms with Gasteiger partial charge in [-0.25, -0.2) is 4.79 Å². The minimum atomic E-state index is -1.65. The molecule has 3 amide bonds. The molecule has 0 aromatic rings. The molecule has 0 spiro atoms. The van der Waals surface area contributed by atoms with Crippen molar-refractivity contribution in [3.8, 4) is 0 Å². The van der Waals surface area contributed by atoms with E-state index in [1.165, 1.54) is 0 Å². The highest BCUT2D eigenvalue weighted by Crippen LogP contribution is 2.06. The number of rotatable bonds is 19. The number of carboxylic acid groups (broad SMARTS) is 4. The van der Waals surface area contributed by atoms with E-state index in [0.717, 1.165) is 0 Å². The van der Waals surface area contributed by atoms with Crippen molar-refractivity contribution in [2.24, 2.45) is 22.2 Å². The molecule has 0 aliphatic carbocycles. The number of nitrogens with zero attached hydrogens (tertiary/aromatic N) is 1. The molecule has 0 saturated carbocycles. The topological polar surface area (TPSA) is 327 Å². The van der Waals surface area contributed by atoms with Crippen LogP contribution in [0.2, 0.25) is 0 Å². The second kappa shape index (κ2) is 17.1. The van der Waals surface area contributed by atoms with Crippen LogP contribution in [-0.4, -0.2) is 98.7 Å². The number of hydrogen-bond donors (Lipinski definition) is 10. The van der Waals surface area contributed by atoms with Crippen molar-refractivity contribution in [3.05, 3.63) is 0 Å². The van der Waals surface area contributed by atoms with Crippen LogP contribution in [0.3, 0.4) is 0 Å². The summed E-state index contributed by atoms with van der Waals surface area (Å²) in [6.45, 7) is 0.0377. The summed E-state index contributed by atoms with van der Waals surface area (Å²) in [4.78, 5) is 85.7. The lowest BCUT2D eigenvalue weighted by molar-refractivity contribution is -0.144. The highest BCUT2D eigenvalue weighted by Gasteiger charge is 2.31. The van der Waals surface area contributed by atoms with Gasteiger partial charge >= 0.3 is 23.9 Å². The maximum Gasteiger partial charge on any atom is 0.326 e. The lowest BCUT2D eigenvalue weighted by atomic mass is 10.1. The third-order valence-electron chi connectivity index (χ3n) is 4.85. The highest BCUT2D eigenvalue weighted by atomic mass is 16.4. The fourth-order valence-corrected chi connectivity index (χ4v) is 2.94. The summed E-state index contributed by atoms with van der Waals surface area (Å²) < 4.78 is 0. The summed E-state index contributed by atoms with van der Waals surface area (Å²) in [7, 11) is 0. The van der Waals surface area contributed by atoms with Crippen molar-refractivity contribution in [1.29, 1.82) is 0 Å². The SMILES string of the molecule is NC(N)=NCCCC(NC(=O)C(N)CC(=O)O)C(=O)NC(CCC(=O)O)C(=O)NC(CCC(=O)O)C(=O)O. The van der Waals surface area contributed by atoms with E-state index < -0.39 is 97.9 Å². The summed E-state index contributed by atoms with van der Waals surface area (Å²) in [5.74, 6) is -8.91. The second-order valence-electron chi connectivity index (χ2n) is 8.04. The lowest BCUT2D eigenvalue weighted by Crippen LogP contribution is -2.57. The van der Waals surface area contributed by atoms with Gasteiger partial charge in [0.25, 0.3) is 0 Å². The van der Waals surface area contributed by atoms with Gasteiger partial charge in [0.05, 0.1) is 12.5 Å². The van der Waals surface area contributed by atoms with E-state index in [2.05, 4.69) is 20.9 Å². The first-order valence-electron chi connectivity index (χ1n) is 11.2. The predicted octanol–water partition coefficient (Wildman–Crippen LogP) is -3.89. The van der Waals surface area contributed by atoms with Crippen LogP contribution in [0, 0.1) is 0 Å². The summed E-state index contributed by atoms with van der Waals surface area (Å²) in [5, 5.41) is 42.4. The largest absolute Gasteiger partial charge is 0.481 e. The number of nitrogens with one attached hydrogen (secondary N) is 3. The van der Waals surface area contributed by atoms with Crippen LogP contribution in [0.5, 0.6) is 0 Å². The van der Waals surface area contributed by atoms with Gasteiger partial charge in [0.2, 0.25) is 17.7 Å². The molecule has 0 heterocycles. The van der Waals surface area contributed by atoms with Crippen LogP contribution < -0.4 is 33.2 Å². The molecule has 0 rings (SSSR count). The molecule has 38 heavy (non-hydrogen) atoms. The van der Waals surface area contributed by atoms with Crippen molar-refractivity contribution in [2.45, 2.75) is 69.1 Å². The van der Waals surface area contributed by atoms with E-state index in [1.54, 1.807) is 0 Å². The maximum atomic E-state index is 13.0. The van der Waals surface area contributed by atoms with Gasteiger partial charge < -0.3 is 53.6 Å². The molecule has 0 radical (unpaired) electrons. The first kappa shape index (κ1) is 33.5. The second-order valence-corrected chi connectivity index (χ2v) is 8.04. The zero-order chi connectivity index (χ0) is 29.4. The Morgan fingerprint density at radius 1 is 0.658 bits per heavy atom. The molecule has 18 heteroatoms. The number of aliphatic carboxylic acids is 4. The molecular weight excluding hydrogens is 514 g/mol. The van der Waals surface area contributed by atoms with Crippen molar-refractivity contribution in [1.82, 2.24) is 16.0 Å². The summed E-state index contributed by atoms with van der Waals surface area (Å²) in [6.07, 6.45) is -2.90. The zero-order valence-corrected chi connectivity index (χ0v) is 20.3. The fraction of sp³-hybridized carbons (Fsp3) is 0.600. The summed E-state index contributed by atoms with van der Waals surface area (Å²) in [6, 6.07) is -6.14. The number of carbonyl (C=O) groups is 7. The van der Waals surface area contributed by atoms with Gasteiger partial charge in [0.1, 0.15) is 18.1 Å². The normalized spacial score (nSPS) is 13.6. The van der Waals surface area contributed by atoms with E-state index in [-0.39, 0.29) is 25.3 Å². The smallest absolute Gasteiger partial charge is 0.326 e. The molecule has 4 unspecified atom stereocenters. The maximum absolute atomic E-state index is 13.0. The Balaban J connectivity index is 5.72. The standard InChI is InChI=1S/C20H33N7O11/c21-9(8-15(32)33)16(34)25-10(2-1-7-24-20(22)23)17(35)26-11(3-5-13(28)29)18(36)27-12(19(37)38)4-6-14(30)31/h9-12H,1-8,21H2,(H,25,34)(H,26,35)(H,27,36)(H,28,29)(H,30,31)(H,32,33)(H,37,38)(H4,22,23,24). The Hall–Kier alpha value is -4.48. The van der Waals surface area contributed by atoms with Crippen molar-refractivity contribution in [2.75, 3.05) is 6.54 Å². The number of hydrogen-bond acceptors (Lipinski definition) is 9. The Bertz CT molecular complexity index is 921. The van der Waals surface area contributed by atoms with Gasteiger partial charge in [-0.3, -0.25) is 33.8 Å². The molecule has 214 valence electrons. The number of amides is 3. The molecule has 0 aliphatic heterocycles. The van der Waals surface area contributed by atoms with E-state index in [4.69, 9.17) is 32.5 Å². The average molecular weight is 548 g/mol. The number of carbonyl (C=O) groups excluding carboxylic acids is 3. The van der Waals surface area contributed by atoms with Gasteiger partial charge in [-0.05, 0) is 25.7 Å². The number of aliphatic imine (C=N–C) groups is 1. The van der Waals surface area contributed by atoms with E-state index in [0.29, 0.717) is 0 Å².